The van der Waals surface area contributed by atoms with E-state index >= 15 is 0 Å². The Hall–Kier alpha value is -2.14. The van der Waals surface area contributed by atoms with E-state index in [4.69, 9.17) is 14.2 Å². The molecule has 0 bridgehead atoms. The third-order valence-corrected chi connectivity index (χ3v) is 10.2. The summed E-state index contributed by atoms with van der Waals surface area (Å²) in [5.74, 6) is -2.40. The maximum absolute atomic E-state index is 13.6. The highest BCUT2D eigenvalue weighted by Crippen LogP contribution is 2.65. The number of carbonyl (C=O) groups excluding carboxylic acids is 2. The summed E-state index contributed by atoms with van der Waals surface area (Å²) in [5, 5.41) is 44.9. The number of Topliss-reactive ketones (excluding diaryl/α,β-unsaturated/α-hetero) is 1. The lowest BCUT2D eigenvalue weighted by molar-refractivity contribution is -0.294. The van der Waals surface area contributed by atoms with Crippen LogP contribution in [0.2, 0.25) is 0 Å². The topological polar surface area (TPSA) is 143 Å². The van der Waals surface area contributed by atoms with Gasteiger partial charge in [0, 0.05) is 48.0 Å². The number of esters is 1. The molecule has 2 aliphatic heterocycles. The van der Waals surface area contributed by atoms with Gasteiger partial charge in [0.1, 0.15) is 23.6 Å². The van der Waals surface area contributed by atoms with Gasteiger partial charge in [-0.3, -0.25) is 4.79 Å². The van der Waals surface area contributed by atoms with Crippen LogP contribution in [0.4, 0.5) is 0 Å². The van der Waals surface area contributed by atoms with Gasteiger partial charge in [-0.1, -0.05) is 51.1 Å². The number of benzene rings is 1. The first kappa shape index (κ1) is 27.4. The van der Waals surface area contributed by atoms with Crippen LogP contribution in [0.25, 0.3) is 6.08 Å². The highest BCUT2D eigenvalue weighted by molar-refractivity contribution is 5.87. The second-order valence-electron chi connectivity index (χ2n) is 12.0. The Balaban J connectivity index is 1.54. The number of rotatable bonds is 5. The van der Waals surface area contributed by atoms with Gasteiger partial charge in [-0.25, -0.2) is 4.79 Å². The average Bonchev–Trinajstić information content (AvgIpc) is 3.42. The molecule has 0 radical (unpaired) electrons. The summed E-state index contributed by atoms with van der Waals surface area (Å²) in [6, 6.07) is 9.22. The van der Waals surface area contributed by atoms with Gasteiger partial charge in [-0.05, 0) is 18.1 Å². The van der Waals surface area contributed by atoms with Crippen LogP contribution < -0.4 is 0 Å². The minimum Gasteiger partial charge on any atom is -0.456 e. The van der Waals surface area contributed by atoms with Crippen molar-refractivity contribution in [3.63, 3.8) is 0 Å². The molecule has 5 rings (SSSR count). The van der Waals surface area contributed by atoms with Gasteiger partial charge in [0.25, 0.3) is 0 Å². The number of aliphatic hydroxyl groups excluding tert-OH is 2. The Bertz CT molecular complexity index is 1110. The Morgan fingerprint density at radius 2 is 1.89 bits per heavy atom. The molecular formula is C29H38O9. The van der Waals surface area contributed by atoms with Crippen LogP contribution >= 0.6 is 0 Å². The zero-order chi connectivity index (χ0) is 27.5. The molecule has 10 unspecified atom stereocenters. The molecule has 4 fully saturated rings. The van der Waals surface area contributed by atoms with Crippen LogP contribution in [-0.4, -0.2) is 81.2 Å². The van der Waals surface area contributed by atoms with Crippen LogP contribution in [0, 0.1) is 22.7 Å². The summed E-state index contributed by atoms with van der Waals surface area (Å²) >= 11 is 0. The molecule has 1 aromatic carbocycles. The quantitative estimate of drug-likeness (QED) is 0.330. The molecule has 2 heterocycles. The van der Waals surface area contributed by atoms with Crippen molar-refractivity contribution >= 4 is 17.8 Å². The second kappa shape index (κ2) is 9.50. The predicted octanol–water partition coefficient (Wildman–Crippen LogP) is 1.60. The molecule has 2 aliphatic carbocycles. The zero-order valence-corrected chi connectivity index (χ0v) is 22.1. The molecule has 0 spiro atoms. The summed E-state index contributed by atoms with van der Waals surface area (Å²) in [6.07, 6.45) is -0.660. The third kappa shape index (κ3) is 3.90. The fraction of sp³-hybridized carbons (Fsp3) is 0.655. The van der Waals surface area contributed by atoms with Gasteiger partial charge >= 0.3 is 5.97 Å². The number of fused-ring (bicyclic) bond motifs is 2. The normalized spacial score (nSPS) is 46.7. The fourth-order valence-corrected chi connectivity index (χ4v) is 7.68. The van der Waals surface area contributed by atoms with Crippen molar-refractivity contribution in [3.05, 3.63) is 42.0 Å². The summed E-state index contributed by atoms with van der Waals surface area (Å²) in [5.41, 5.74) is -4.86. The van der Waals surface area contributed by atoms with Gasteiger partial charge in [-0.2, -0.15) is 0 Å². The molecule has 0 aromatic heterocycles. The molecule has 1 aromatic rings. The van der Waals surface area contributed by atoms with Crippen molar-refractivity contribution in [1.82, 2.24) is 0 Å². The Kier molecular flexibility index (Phi) is 6.86. The smallest absolute Gasteiger partial charge is 0.331 e. The molecular weight excluding hydrogens is 492 g/mol. The summed E-state index contributed by atoms with van der Waals surface area (Å²) in [6.45, 7) is 4.90. The van der Waals surface area contributed by atoms with Gasteiger partial charge in [0.2, 0.25) is 0 Å². The van der Waals surface area contributed by atoms with E-state index in [1.165, 1.54) is 6.08 Å². The minimum atomic E-state index is -1.81. The van der Waals surface area contributed by atoms with E-state index in [2.05, 4.69) is 0 Å². The van der Waals surface area contributed by atoms with Gasteiger partial charge < -0.3 is 34.6 Å². The Labute approximate surface area is 222 Å². The number of hydrogen-bond acceptors (Lipinski definition) is 9. The van der Waals surface area contributed by atoms with Gasteiger partial charge in [0.05, 0.1) is 24.9 Å². The first-order valence-corrected chi connectivity index (χ1v) is 13.4. The minimum absolute atomic E-state index is 0.0214. The summed E-state index contributed by atoms with van der Waals surface area (Å²) < 4.78 is 17.7. The average molecular weight is 531 g/mol. The van der Waals surface area contributed by atoms with Crippen molar-refractivity contribution in [2.24, 2.45) is 22.7 Å². The molecule has 9 nitrogen and oxygen atoms in total. The highest BCUT2D eigenvalue weighted by Gasteiger charge is 2.74. The fourth-order valence-electron chi connectivity index (χ4n) is 7.68. The molecule has 0 amide bonds. The van der Waals surface area contributed by atoms with Crippen LogP contribution in [0.15, 0.2) is 36.4 Å². The third-order valence-electron chi connectivity index (χ3n) is 10.2. The van der Waals surface area contributed by atoms with Crippen molar-refractivity contribution in [2.75, 3.05) is 13.2 Å². The van der Waals surface area contributed by atoms with Gasteiger partial charge in [0.15, 0.2) is 6.29 Å². The van der Waals surface area contributed by atoms with Crippen molar-refractivity contribution < 1.29 is 44.2 Å². The number of carbonyl (C=O) groups is 2. The number of aliphatic hydroxyl groups is 4. The van der Waals surface area contributed by atoms with Crippen LogP contribution in [-0.2, 0) is 23.8 Å². The van der Waals surface area contributed by atoms with Crippen LogP contribution in [0.3, 0.4) is 0 Å². The molecule has 4 N–H and O–H groups in total. The molecule has 38 heavy (non-hydrogen) atoms. The van der Waals surface area contributed by atoms with Crippen molar-refractivity contribution in [2.45, 2.75) is 82.3 Å². The predicted molar refractivity (Wildman–Crippen MR) is 135 cm³/mol. The summed E-state index contributed by atoms with van der Waals surface area (Å²) in [7, 11) is 0. The van der Waals surface area contributed by atoms with E-state index in [0.717, 1.165) is 5.56 Å². The molecule has 2 saturated carbocycles. The first-order valence-electron chi connectivity index (χ1n) is 13.4. The van der Waals surface area contributed by atoms with Gasteiger partial charge in [-0.15, -0.1) is 0 Å². The Morgan fingerprint density at radius 3 is 2.55 bits per heavy atom. The molecule has 4 aliphatic rings. The monoisotopic (exact) mass is 530 g/mol. The number of ketones is 1. The van der Waals surface area contributed by atoms with E-state index in [1.54, 1.807) is 19.9 Å². The lowest BCUT2D eigenvalue weighted by Gasteiger charge is -2.66. The maximum atomic E-state index is 13.6. The van der Waals surface area contributed by atoms with Crippen molar-refractivity contribution in [3.8, 4) is 0 Å². The standard InChI is InChI=1S/C29H38O9/c1-17-22(38-21(32)10-9-18-7-5-4-6-8-18)24(33)27(3)23(19(31)11-12-29(27,35)16-30)26(17,2)20-15-28(34)13-14-36-25(28)37-20/h4-10,17,20,22-25,30,33-35H,11-16H2,1-3H3. The van der Waals surface area contributed by atoms with Crippen LogP contribution in [0.5, 0.6) is 0 Å². The van der Waals surface area contributed by atoms with E-state index in [0.29, 0.717) is 13.0 Å². The molecule has 9 heteroatoms. The van der Waals surface area contributed by atoms with E-state index < -0.39 is 71.0 Å². The Morgan fingerprint density at radius 1 is 1.18 bits per heavy atom. The highest BCUT2D eigenvalue weighted by atomic mass is 16.7. The molecule has 208 valence electrons. The van der Waals surface area contributed by atoms with Crippen molar-refractivity contribution in [1.29, 1.82) is 0 Å². The largest absolute Gasteiger partial charge is 0.456 e. The number of hydrogen-bond donors (Lipinski definition) is 4. The molecule has 10 atom stereocenters. The maximum Gasteiger partial charge on any atom is 0.331 e. The number of ether oxygens (including phenoxy) is 3. The first-order chi connectivity index (χ1) is 17.9. The molecule has 2 saturated heterocycles. The van der Waals surface area contributed by atoms with E-state index in [-0.39, 0.29) is 25.0 Å². The summed E-state index contributed by atoms with van der Waals surface area (Å²) in [4.78, 5) is 26.6. The lowest BCUT2D eigenvalue weighted by atomic mass is 9.41. The van der Waals surface area contributed by atoms with E-state index in [9.17, 15) is 30.0 Å². The second-order valence-corrected chi connectivity index (χ2v) is 12.0. The van der Waals surface area contributed by atoms with Crippen LogP contribution in [0.1, 0.15) is 52.0 Å². The zero-order valence-electron chi connectivity index (χ0n) is 22.1. The SMILES string of the molecule is CC1C(OC(=O)C=Cc2ccccc2)C(O)C2(C)C(C(=O)CCC2(O)CO)C1(C)C1CC2(O)CCOC2O1. The van der Waals surface area contributed by atoms with E-state index in [1.807, 2.05) is 37.3 Å². The lowest BCUT2D eigenvalue weighted by Crippen LogP contribution is -2.76.